The summed E-state index contributed by atoms with van der Waals surface area (Å²) in [6.07, 6.45) is 3.40. The van der Waals surface area contributed by atoms with Crippen LogP contribution in [-0.2, 0) is 4.79 Å². The average Bonchev–Trinajstić information content (AvgIpc) is 2.77. The predicted molar refractivity (Wildman–Crippen MR) is 56.9 cm³/mol. The lowest BCUT2D eigenvalue weighted by Crippen LogP contribution is -2.45. The molecule has 1 aromatic rings. The van der Waals surface area contributed by atoms with Crippen LogP contribution in [0.3, 0.4) is 0 Å². The molecule has 0 bridgehead atoms. The van der Waals surface area contributed by atoms with Crippen molar-refractivity contribution in [3.63, 3.8) is 0 Å². The summed E-state index contributed by atoms with van der Waals surface area (Å²) in [5, 5.41) is 11.4. The second-order valence-corrected chi connectivity index (χ2v) is 3.64. The molecule has 0 unspecified atom stereocenters. The normalized spacial score (nSPS) is 14.1. The van der Waals surface area contributed by atoms with Gasteiger partial charge in [0.2, 0.25) is 0 Å². The molecular weight excluding hydrogens is 210 g/mol. The van der Waals surface area contributed by atoms with E-state index in [-0.39, 0.29) is 11.6 Å². The zero-order valence-corrected chi connectivity index (χ0v) is 9.23. The summed E-state index contributed by atoms with van der Waals surface area (Å²) in [5.74, 6) is -1.60. The van der Waals surface area contributed by atoms with E-state index in [9.17, 15) is 9.59 Å². The molecule has 1 rings (SSSR count). The van der Waals surface area contributed by atoms with Crippen molar-refractivity contribution in [1.29, 1.82) is 0 Å². The quantitative estimate of drug-likeness (QED) is 0.685. The molecule has 0 radical (unpaired) electrons. The van der Waals surface area contributed by atoms with Crippen LogP contribution in [0, 0.1) is 5.92 Å². The molecule has 6 nitrogen and oxygen atoms in total. The number of aliphatic carboxylic acids is 1. The van der Waals surface area contributed by atoms with Gasteiger partial charge in [0.05, 0.1) is 12.5 Å². The maximum atomic E-state index is 11.6. The Bertz CT molecular complexity index is 361. The van der Waals surface area contributed by atoms with Crippen molar-refractivity contribution in [3.05, 3.63) is 18.2 Å². The van der Waals surface area contributed by atoms with Crippen LogP contribution in [0.25, 0.3) is 0 Å². The Balaban J connectivity index is 2.69. The number of nitrogens with zero attached hydrogens (tertiary/aromatic N) is 1. The largest absolute Gasteiger partial charge is 0.480 e. The summed E-state index contributed by atoms with van der Waals surface area (Å²) in [5.41, 5.74) is 0.259. The minimum atomic E-state index is -1.03. The fraction of sp³-hybridized carbons (Fsp3) is 0.500. The second-order valence-electron chi connectivity index (χ2n) is 3.64. The summed E-state index contributed by atoms with van der Waals surface area (Å²) >= 11 is 0. The molecule has 0 aromatic carbocycles. The van der Waals surface area contributed by atoms with Crippen LogP contribution in [0.5, 0.6) is 0 Å². The highest BCUT2D eigenvalue weighted by Crippen LogP contribution is 2.08. The lowest BCUT2D eigenvalue weighted by molar-refractivity contribution is -0.140. The van der Waals surface area contributed by atoms with Crippen LogP contribution < -0.4 is 5.32 Å². The molecule has 1 amide bonds. The number of imidazole rings is 1. The number of nitrogens with one attached hydrogen (secondary N) is 2. The van der Waals surface area contributed by atoms with Crippen LogP contribution in [0.2, 0.25) is 0 Å². The number of hydrogen-bond acceptors (Lipinski definition) is 3. The molecule has 0 spiro atoms. The highest BCUT2D eigenvalue weighted by atomic mass is 16.4. The van der Waals surface area contributed by atoms with Gasteiger partial charge in [0, 0.05) is 0 Å². The van der Waals surface area contributed by atoms with Crippen molar-refractivity contribution < 1.29 is 14.7 Å². The Kier molecular flexibility index (Phi) is 4.04. The number of rotatable bonds is 5. The zero-order chi connectivity index (χ0) is 12.1. The number of amides is 1. The first-order chi connectivity index (χ1) is 7.56. The minimum Gasteiger partial charge on any atom is -0.480 e. The standard InChI is InChI=1S/C10H15N3O3/c1-3-6(2)8(10(15)16)13-9(14)7-4-11-5-12-7/h4-6,8H,3H2,1-2H3,(H,11,12)(H,13,14)(H,15,16)/t6-,8-/m0/s1. The molecule has 1 aromatic heterocycles. The fourth-order valence-corrected chi connectivity index (χ4v) is 1.28. The van der Waals surface area contributed by atoms with Crippen LogP contribution in [0.4, 0.5) is 0 Å². The summed E-state index contributed by atoms with van der Waals surface area (Å²) in [6, 6.07) is -0.874. The average molecular weight is 225 g/mol. The number of hydrogen-bond donors (Lipinski definition) is 3. The van der Waals surface area contributed by atoms with Gasteiger partial charge in [-0.05, 0) is 5.92 Å². The van der Waals surface area contributed by atoms with E-state index in [1.54, 1.807) is 6.92 Å². The van der Waals surface area contributed by atoms with Gasteiger partial charge in [0.1, 0.15) is 11.7 Å². The first kappa shape index (κ1) is 12.2. The van der Waals surface area contributed by atoms with Crippen LogP contribution >= 0.6 is 0 Å². The van der Waals surface area contributed by atoms with Gasteiger partial charge in [0.25, 0.3) is 5.91 Å². The molecule has 6 heteroatoms. The maximum Gasteiger partial charge on any atom is 0.326 e. The Labute approximate surface area is 93.1 Å². The predicted octanol–water partition coefficient (Wildman–Crippen LogP) is 0.639. The van der Waals surface area contributed by atoms with E-state index in [2.05, 4.69) is 15.3 Å². The molecule has 0 aliphatic carbocycles. The summed E-state index contributed by atoms with van der Waals surface area (Å²) < 4.78 is 0. The topological polar surface area (TPSA) is 95.1 Å². The van der Waals surface area contributed by atoms with Crippen molar-refractivity contribution in [3.8, 4) is 0 Å². The molecule has 16 heavy (non-hydrogen) atoms. The molecule has 0 aliphatic heterocycles. The van der Waals surface area contributed by atoms with Gasteiger partial charge in [0.15, 0.2) is 0 Å². The fourth-order valence-electron chi connectivity index (χ4n) is 1.28. The van der Waals surface area contributed by atoms with E-state index in [0.29, 0.717) is 6.42 Å². The van der Waals surface area contributed by atoms with Crippen LogP contribution in [-0.4, -0.2) is 33.0 Å². The Morgan fingerprint density at radius 1 is 1.62 bits per heavy atom. The number of carbonyl (C=O) groups excluding carboxylic acids is 1. The molecule has 0 fully saturated rings. The van der Waals surface area contributed by atoms with Crippen LogP contribution in [0.15, 0.2) is 12.5 Å². The van der Waals surface area contributed by atoms with E-state index in [0.717, 1.165) is 0 Å². The van der Waals surface area contributed by atoms with E-state index >= 15 is 0 Å². The smallest absolute Gasteiger partial charge is 0.326 e. The molecule has 2 atom stereocenters. The summed E-state index contributed by atoms with van der Waals surface area (Å²) in [6.45, 7) is 3.66. The summed E-state index contributed by atoms with van der Waals surface area (Å²) in [7, 11) is 0. The molecule has 0 saturated carbocycles. The summed E-state index contributed by atoms with van der Waals surface area (Å²) in [4.78, 5) is 28.9. The van der Waals surface area contributed by atoms with Gasteiger partial charge in [-0.3, -0.25) is 4.79 Å². The third kappa shape index (κ3) is 2.82. The van der Waals surface area contributed by atoms with Crippen molar-refractivity contribution in [2.24, 2.45) is 5.92 Å². The molecular formula is C10H15N3O3. The van der Waals surface area contributed by atoms with Gasteiger partial charge in [-0.1, -0.05) is 20.3 Å². The third-order valence-electron chi connectivity index (χ3n) is 2.51. The van der Waals surface area contributed by atoms with Gasteiger partial charge >= 0.3 is 5.97 Å². The van der Waals surface area contributed by atoms with Crippen molar-refractivity contribution in [2.75, 3.05) is 0 Å². The van der Waals surface area contributed by atoms with E-state index in [1.807, 2.05) is 6.92 Å². The van der Waals surface area contributed by atoms with E-state index < -0.39 is 17.9 Å². The highest BCUT2D eigenvalue weighted by molar-refractivity contribution is 5.94. The number of carboxylic acids is 1. The molecule has 1 heterocycles. The van der Waals surface area contributed by atoms with Crippen LogP contribution in [0.1, 0.15) is 30.8 Å². The number of carboxylic acid groups (broad SMARTS) is 1. The van der Waals surface area contributed by atoms with Crippen molar-refractivity contribution in [1.82, 2.24) is 15.3 Å². The van der Waals surface area contributed by atoms with E-state index in [1.165, 1.54) is 12.5 Å². The lowest BCUT2D eigenvalue weighted by atomic mass is 9.99. The first-order valence-electron chi connectivity index (χ1n) is 5.08. The zero-order valence-electron chi connectivity index (χ0n) is 9.23. The third-order valence-corrected chi connectivity index (χ3v) is 2.51. The SMILES string of the molecule is CC[C@H](C)[C@H](NC(=O)c1cnc[nH]1)C(=O)O. The number of carbonyl (C=O) groups is 2. The molecule has 88 valence electrons. The molecule has 0 aliphatic rings. The molecule has 3 N–H and O–H groups in total. The maximum absolute atomic E-state index is 11.6. The Morgan fingerprint density at radius 2 is 2.31 bits per heavy atom. The number of aromatic nitrogens is 2. The number of aromatic amines is 1. The number of H-pyrrole nitrogens is 1. The second kappa shape index (κ2) is 5.29. The van der Waals surface area contributed by atoms with E-state index in [4.69, 9.17) is 5.11 Å². The minimum absolute atomic E-state index is 0.121. The van der Waals surface area contributed by atoms with Crippen molar-refractivity contribution in [2.45, 2.75) is 26.3 Å². The Hall–Kier alpha value is -1.85. The van der Waals surface area contributed by atoms with Gasteiger partial charge in [-0.15, -0.1) is 0 Å². The van der Waals surface area contributed by atoms with Gasteiger partial charge in [-0.25, -0.2) is 9.78 Å². The Morgan fingerprint density at radius 3 is 2.75 bits per heavy atom. The first-order valence-corrected chi connectivity index (χ1v) is 5.08. The lowest BCUT2D eigenvalue weighted by Gasteiger charge is -2.19. The monoisotopic (exact) mass is 225 g/mol. The van der Waals surface area contributed by atoms with Crippen molar-refractivity contribution >= 4 is 11.9 Å². The highest BCUT2D eigenvalue weighted by Gasteiger charge is 2.25. The van der Waals surface area contributed by atoms with Gasteiger partial charge in [-0.2, -0.15) is 0 Å². The molecule has 0 saturated heterocycles. The van der Waals surface area contributed by atoms with Gasteiger partial charge < -0.3 is 15.4 Å².